The zero-order chi connectivity index (χ0) is 20.8. The van der Waals surface area contributed by atoms with Gasteiger partial charge in [0.1, 0.15) is 0 Å². The SMILES string of the molecule is CC(CO)[C@@H](C)C=C[C@@H](C)[C@H]1CC[C@H]2[C@@H]3CC=C4CCCC[C@]4(C)[C@H]3CC[C@]12C. The molecule has 0 aliphatic heterocycles. The molecule has 0 bridgehead atoms. The molecule has 3 fully saturated rings. The Morgan fingerprint density at radius 3 is 2.59 bits per heavy atom. The van der Waals surface area contributed by atoms with E-state index >= 15 is 0 Å². The van der Waals surface area contributed by atoms with Gasteiger partial charge in [-0.2, -0.15) is 0 Å². The van der Waals surface area contributed by atoms with Gasteiger partial charge in [0.2, 0.25) is 0 Å². The summed E-state index contributed by atoms with van der Waals surface area (Å²) in [5.74, 6) is 5.16. The van der Waals surface area contributed by atoms with E-state index in [1.807, 2.05) is 5.57 Å². The summed E-state index contributed by atoms with van der Waals surface area (Å²) in [4.78, 5) is 0. The highest BCUT2D eigenvalue weighted by Gasteiger charge is 2.58. The zero-order valence-electron chi connectivity index (χ0n) is 19.8. The smallest absolute Gasteiger partial charge is 0.0462 e. The van der Waals surface area contributed by atoms with Crippen LogP contribution in [-0.4, -0.2) is 11.7 Å². The first-order valence-electron chi connectivity index (χ1n) is 12.8. The molecule has 164 valence electrons. The molecule has 0 heterocycles. The Kier molecular flexibility index (Phi) is 6.11. The van der Waals surface area contributed by atoms with E-state index in [-0.39, 0.29) is 0 Å². The molecule has 1 nitrogen and oxygen atoms in total. The van der Waals surface area contributed by atoms with E-state index in [0.29, 0.717) is 35.2 Å². The van der Waals surface area contributed by atoms with Crippen LogP contribution in [0, 0.1) is 52.3 Å². The van der Waals surface area contributed by atoms with Crippen LogP contribution in [-0.2, 0) is 0 Å². The second-order valence-electron chi connectivity index (χ2n) is 12.0. The van der Waals surface area contributed by atoms with Crippen molar-refractivity contribution in [3.8, 4) is 0 Å². The second-order valence-corrected chi connectivity index (χ2v) is 12.0. The Bertz CT molecular complexity index is 647. The van der Waals surface area contributed by atoms with Gasteiger partial charge in [-0.1, -0.05) is 64.8 Å². The summed E-state index contributed by atoms with van der Waals surface area (Å²) >= 11 is 0. The molecule has 1 N–H and O–H groups in total. The van der Waals surface area contributed by atoms with E-state index < -0.39 is 0 Å². The van der Waals surface area contributed by atoms with Gasteiger partial charge in [-0.15, -0.1) is 0 Å². The van der Waals surface area contributed by atoms with Crippen molar-refractivity contribution >= 4 is 0 Å². The minimum absolute atomic E-state index is 0.292. The van der Waals surface area contributed by atoms with E-state index in [0.717, 1.165) is 23.7 Å². The molecule has 0 aromatic carbocycles. The average molecular weight is 399 g/mol. The summed E-state index contributed by atoms with van der Waals surface area (Å²) < 4.78 is 0. The Hall–Kier alpha value is -0.560. The molecule has 0 saturated heterocycles. The van der Waals surface area contributed by atoms with Gasteiger partial charge in [-0.05, 0) is 104 Å². The summed E-state index contributed by atoms with van der Waals surface area (Å²) in [5.41, 5.74) is 2.90. The van der Waals surface area contributed by atoms with Crippen molar-refractivity contribution in [3.63, 3.8) is 0 Å². The maximum atomic E-state index is 9.45. The molecule has 1 unspecified atom stereocenters. The molecule has 3 saturated carbocycles. The molecule has 0 radical (unpaired) electrons. The van der Waals surface area contributed by atoms with E-state index in [4.69, 9.17) is 0 Å². The third-order valence-electron chi connectivity index (χ3n) is 10.6. The van der Waals surface area contributed by atoms with E-state index in [1.54, 1.807) is 0 Å². The molecule has 4 aliphatic rings. The van der Waals surface area contributed by atoms with E-state index in [9.17, 15) is 5.11 Å². The maximum absolute atomic E-state index is 9.45. The number of hydrogen-bond donors (Lipinski definition) is 1. The number of allylic oxidation sites excluding steroid dienone is 4. The third kappa shape index (κ3) is 3.58. The lowest BCUT2D eigenvalue weighted by Gasteiger charge is -2.58. The van der Waals surface area contributed by atoms with Crippen LogP contribution in [0.5, 0.6) is 0 Å². The molecule has 4 rings (SSSR count). The molecular weight excluding hydrogens is 352 g/mol. The van der Waals surface area contributed by atoms with Gasteiger partial charge in [0.05, 0.1) is 0 Å². The van der Waals surface area contributed by atoms with Crippen molar-refractivity contribution in [2.45, 2.75) is 92.4 Å². The van der Waals surface area contributed by atoms with E-state index in [2.05, 4.69) is 52.8 Å². The molecule has 9 atom stereocenters. The molecule has 1 heteroatoms. The third-order valence-corrected chi connectivity index (χ3v) is 10.6. The van der Waals surface area contributed by atoms with Gasteiger partial charge in [0.15, 0.2) is 0 Å². The largest absolute Gasteiger partial charge is 0.396 e. The first-order chi connectivity index (χ1) is 13.8. The van der Waals surface area contributed by atoms with Crippen molar-refractivity contribution in [1.82, 2.24) is 0 Å². The van der Waals surface area contributed by atoms with Gasteiger partial charge in [0.25, 0.3) is 0 Å². The molecule has 4 aliphatic carbocycles. The van der Waals surface area contributed by atoms with Crippen molar-refractivity contribution in [2.24, 2.45) is 52.3 Å². The number of rotatable bonds is 5. The highest BCUT2D eigenvalue weighted by atomic mass is 16.3. The molecule has 0 amide bonds. The Morgan fingerprint density at radius 1 is 1.03 bits per heavy atom. The second kappa shape index (κ2) is 8.18. The first kappa shape index (κ1) is 21.7. The fourth-order valence-corrected chi connectivity index (χ4v) is 8.44. The summed E-state index contributed by atoms with van der Waals surface area (Å²) in [5, 5.41) is 9.45. The quantitative estimate of drug-likeness (QED) is 0.478. The van der Waals surface area contributed by atoms with Crippen LogP contribution in [0.15, 0.2) is 23.8 Å². The minimum atomic E-state index is 0.292. The Labute approximate surface area is 180 Å². The van der Waals surface area contributed by atoms with Crippen molar-refractivity contribution in [2.75, 3.05) is 6.61 Å². The van der Waals surface area contributed by atoms with Crippen molar-refractivity contribution in [3.05, 3.63) is 23.8 Å². The maximum Gasteiger partial charge on any atom is 0.0462 e. The van der Waals surface area contributed by atoms with Crippen molar-refractivity contribution < 1.29 is 5.11 Å². The predicted molar refractivity (Wildman–Crippen MR) is 124 cm³/mol. The molecule has 0 aromatic rings. The van der Waals surface area contributed by atoms with Gasteiger partial charge in [-0.25, -0.2) is 0 Å². The topological polar surface area (TPSA) is 20.2 Å². The molecule has 29 heavy (non-hydrogen) atoms. The van der Waals surface area contributed by atoms with Crippen LogP contribution in [0.3, 0.4) is 0 Å². The minimum Gasteiger partial charge on any atom is -0.396 e. The number of aliphatic hydroxyl groups is 1. The fraction of sp³-hybridized carbons (Fsp3) is 0.857. The highest BCUT2D eigenvalue weighted by molar-refractivity contribution is 5.24. The van der Waals surface area contributed by atoms with Gasteiger partial charge < -0.3 is 5.11 Å². The summed E-state index contributed by atoms with van der Waals surface area (Å²) in [6, 6.07) is 0. The molecule has 0 spiro atoms. The standard InChI is InChI=1S/C28H46O/c1-19(21(3)18-29)9-10-20(2)24-13-14-25-23-12-11-22-8-6-7-16-27(22,4)26(23)15-17-28(24,25)5/h9-11,19-21,23-26,29H,6-8,12-18H2,1-5H3/t19-,20+,21?,23-,24+,25-,26-,27-,28+/m0/s1. The number of fused-ring (bicyclic) bond motifs is 5. The van der Waals surface area contributed by atoms with Crippen molar-refractivity contribution in [1.29, 1.82) is 0 Å². The molecule has 0 aromatic heterocycles. The number of aliphatic hydroxyl groups excluding tert-OH is 1. The summed E-state index contributed by atoms with van der Waals surface area (Å²) in [6.45, 7) is 12.5. The molecular formula is C28H46O. The van der Waals surface area contributed by atoms with Crippen LogP contribution in [0.1, 0.15) is 92.4 Å². The highest BCUT2D eigenvalue weighted by Crippen LogP contribution is 2.67. The Morgan fingerprint density at radius 2 is 1.83 bits per heavy atom. The lowest BCUT2D eigenvalue weighted by Crippen LogP contribution is -2.49. The average Bonchev–Trinajstić information content (AvgIpc) is 3.08. The fourth-order valence-electron chi connectivity index (χ4n) is 8.44. The van der Waals surface area contributed by atoms with Gasteiger partial charge in [-0.3, -0.25) is 0 Å². The first-order valence-corrected chi connectivity index (χ1v) is 12.8. The summed E-state index contributed by atoms with van der Waals surface area (Å²) in [6.07, 6.45) is 20.5. The Balaban J connectivity index is 1.51. The van der Waals surface area contributed by atoms with Crippen LogP contribution in [0.2, 0.25) is 0 Å². The number of hydrogen-bond acceptors (Lipinski definition) is 1. The lowest BCUT2D eigenvalue weighted by atomic mass is 9.47. The normalized spacial score (nSPS) is 45.1. The zero-order valence-corrected chi connectivity index (χ0v) is 19.8. The van der Waals surface area contributed by atoms with Crippen LogP contribution < -0.4 is 0 Å². The van der Waals surface area contributed by atoms with Crippen LogP contribution in [0.25, 0.3) is 0 Å². The predicted octanol–water partition coefficient (Wildman–Crippen LogP) is 7.41. The van der Waals surface area contributed by atoms with Gasteiger partial charge >= 0.3 is 0 Å². The van der Waals surface area contributed by atoms with Crippen LogP contribution >= 0.6 is 0 Å². The van der Waals surface area contributed by atoms with Crippen LogP contribution in [0.4, 0.5) is 0 Å². The van der Waals surface area contributed by atoms with E-state index in [1.165, 1.54) is 57.8 Å². The van der Waals surface area contributed by atoms with Gasteiger partial charge in [0, 0.05) is 6.61 Å². The monoisotopic (exact) mass is 398 g/mol. The lowest BCUT2D eigenvalue weighted by molar-refractivity contribution is -0.0462. The summed E-state index contributed by atoms with van der Waals surface area (Å²) in [7, 11) is 0.